The molecule has 1 aromatic rings. The van der Waals surface area contributed by atoms with Gasteiger partial charge < -0.3 is 10.2 Å². The highest BCUT2D eigenvalue weighted by atomic mass is 32.2. The zero-order valence-electron chi connectivity index (χ0n) is 15.6. The fourth-order valence-electron chi connectivity index (χ4n) is 3.48. The first-order valence-electron chi connectivity index (χ1n) is 9.00. The molecule has 1 atom stereocenters. The smallest absolute Gasteiger partial charge is 0.243 e. The molecule has 2 aliphatic rings. The largest absolute Gasteiger partial charge is 0.339 e. The number of benzene rings is 1. The van der Waals surface area contributed by atoms with E-state index in [0.29, 0.717) is 6.42 Å². The van der Waals surface area contributed by atoms with Crippen LogP contribution in [0.2, 0.25) is 0 Å². The summed E-state index contributed by atoms with van der Waals surface area (Å²) in [5.74, 6) is -0.573. The maximum absolute atomic E-state index is 13.0. The van der Waals surface area contributed by atoms with Crippen molar-refractivity contribution in [1.29, 1.82) is 0 Å². The summed E-state index contributed by atoms with van der Waals surface area (Å²) in [7, 11) is -6.79. The maximum atomic E-state index is 13.0. The van der Waals surface area contributed by atoms with Crippen molar-refractivity contribution in [1.82, 2.24) is 14.5 Å². The fourth-order valence-corrected chi connectivity index (χ4v) is 7.03. The Morgan fingerprint density at radius 1 is 1.18 bits per heavy atom. The SMILES string of the molecule is CC1(NCC(=O)N2CCN(S(=O)(=O)c3ccc(F)cc3)CC2)CCS(=O)(=O)C1. The molecule has 11 heteroatoms. The van der Waals surface area contributed by atoms with E-state index in [1.165, 1.54) is 16.4 Å². The van der Waals surface area contributed by atoms with Gasteiger partial charge in [-0.15, -0.1) is 0 Å². The number of carbonyl (C=O) groups excluding carboxylic acids is 1. The van der Waals surface area contributed by atoms with E-state index in [4.69, 9.17) is 0 Å². The van der Waals surface area contributed by atoms with Crippen molar-refractivity contribution in [3.63, 3.8) is 0 Å². The highest BCUT2D eigenvalue weighted by molar-refractivity contribution is 7.91. The molecule has 1 unspecified atom stereocenters. The van der Waals surface area contributed by atoms with Gasteiger partial charge in [-0.25, -0.2) is 21.2 Å². The topological polar surface area (TPSA) is 104 Å². The van der Waals surface area contributed by atoms with Crippen LogP contribution in [-0.2, 0) is 24.7 Å². The maximum Gasteiger partial charge on any atom is 0.243 e. The molecular formula is C17H24FN3O5S2. The van der Waals surface area contributed by atoms with E-state index in [1.807, 2.05) is 0 Å². The Morgan fingerprint density at radius 2 is 1.79 bits per heavy atom. The van der Waals surface area contributed by atoms with E-state index in [1.54, 1.807) is 11.8 Å². The lowest BCUT2D eigenvalue weighted by Gasteiger charge is -2.35. The number of hydrogen-bond acceptors (Lipinski definition) is 6. The van der Waals surface area contributed by atoms with Gasteiger partial charge in [0.05, 0.1) is 22.9 Å². The van der Waals surface area contributed by atoms with Crippen LogP contribution in [0.15, 0.2) is 29.2 Å². The Labute approximate surface area is 164 Å². The van der Waals surface area contributed by atoms with Gasteiger partial charge in [0, 0.05) is 31.7 Å². The summed E-state index contributed by atoms with van der Waals surface area (Å²) in [6.45, 7) is 2.59. The van der Waals surface area contributed by atoms with E-state index in [-0.39, 0.29) is 55.0 Å². The van der Waals surface area contributed by atoms with Crippen LogP contribution in [0.3, 0.4) is 0 Å². The summed E-state index contributed by atoms with van der Waals surface area (Å²) >= 11 is 0. The summed E-state index contributed by atoms with van der Waals surface area (Å²) in [5.41, 5.74) is -0.609. The Morgan fingerprint density at radius 3 is 2.32 bits per heavy atom. The minimum atomic E-state index is -3.73. The summed E-state index contributed by atoms with van der Waals surface area (Å²) in [4.78, 5) is 14.0. The molecule has 0 saturated carbocycles. The number of hydrogen-bond donors (Lipinski definition) is 1. The van der Waals surface area contributed by atoms with Gasteiger partial charge in [-0.3, -0.25) is 4.79 Å². The van der Waals surface area contributed by atoms with E-state index in [0.717, 1.165) is 12.1 Å². The Kier molecular flexibility index (Phi) is 5.81. The first kappa shape index (κ1) is 21.2. The highest BCUT2D eigenvalue weighted by Crippen LogP contribution is 2.23. The molecule has 2 heterocycles. The van der Waals surface area contributed by atoms with Crippen LogP contribution >= 0.6 is 0 Å². The fraction of sp³-hybridized carbons (Fsp3) is 0.588. The molecule has 0 spiro atoms. The molecule has 156 valence electrons. The van der Waals surface area contributed by atoms with E-state index in [9.17, 15) is 26.0 Å². The predicted molar refractivity (Wildman–Crippen MR) is 101 cm³/mol. The second-order valence-corrected chi connectivity index (χ2v) is 11.6. The Bertz CT molecular complexity index is 942. The second kappa shape index (κ2) is 7.69. The van der Waals surface area contributed by atoms with Crippen molar-refractivity contribution in [2.45, 2.75) is 23.8 Å². The van der Waals surface area contributed by atoms with E-state index < -0.39 is 31.2 Å². The van der Waals surface area contributed by atoms with Crippen LogP contribution < -0.4 is 5.32 Å². The molecule has 2 saturated heterocycles. The zero-order valence-corrected chi connectivity index (χ0v) is 17.2. The average Bonchev–Trinajstić information content (AvgIpc) is 2.94. The van der Waals surface area contributed by atoms with Crippen LogP contribution in [0.5, 0.6) is 0 Å². The number of piperazine rings is 1. The third-order valence-corrected chi connectivity index (χ3v) is 9.03. The molecule has 8 nitrogen and oxygen atoms in total. The van der Waals surface area contributed by atoms with Crippen LogP contribution in [0.25, 0.3) is 0 Å². The van der Waals surface area contributed by atoms with E-state index >= 15 is 0 Å². The standard InChI is InChI=1S/C17H24FN3O5S2/c1-17(6-11-27(23,24)13-17)19-12-16(22)20-7-9-21(10-8-20)28(25,26)15-4-2-14(18)3-5-15/h2-5,19H,6-13H2,1H3. The van der Waals surface area contributed by atoms with Gasteiger partial charge in [0.1, 0.15) is 5.82 Å². The molecule has 1 aromatic carbocycles. The van der Waals surface area contributed by atoms with Crippen LogP contribution in [-0.4, -0.2) is 81.7 Å². The van der Waals surface area contributed by atoms with Gasteiger partial charge in [0.25, 0.3) is 0 Å². The van der Waals surface area contributed by atoms with E-state index in [2.05, 4.69) is 5.32 Å². The van der Waals surface area contributed by atoms with Crippen molar-refractivity contribution >= 4 is 25.8 Å². The number of carbonyl (C=O) groups is 1. The third kappa shape index (κ3) is 4.70. The molecule has 28 heavy (non-hydrogen) atoms. The number of sulfone groups is 1. The monoisotopic (exact) mass is 433 g/mol. The molecule has 0 bridgehead atoms. The van der Waals surface area contributed by atoms with Crippen molar-refractivity contribution in [2.75, 3.05) is 44.2 Å². The van der Waals surface area contributed by atoms with Crippen molar-refractivity contribution in [3.05, 3.63) is 30.1 Å². The molecule has 3 rings (SSSR count). The lowest BCUT2D eigenvalue weighted by Crippen LogP contribution is -2.54. The first-order chi connectivity index (χ1) is 13.0. The van der Waals surface area contributed by atoms with Gasteiger partial charge >= 0.3 is 0 Å². The molecule has 0 aromatic heterocycles. The molecule has 0 aliphatic carbocycles. The molecular weight excluding hydrogens is 409 g/mol. The first-order valence-corrected chi connectivity index (χ1v) is 12.3. The molecule has 2 aliphatic heterocycles. The minimum absolute atomic E-state index is 0.0106. The predicted octanol–water partition coefficient (Wildman–Crippen LogP) is -0.175. The minimum Gasteiger partial charge on any atom is -0.339 e. The third-order valence-electron chi connectivity index (χ3n) is 5.21. The Hall–Kier alpha value is -1.56. The van der Waals surface area contributed by atoms with Crippen LogP contribution in [0.1, 0.15) is 13.3 Å². The molecule has 1 N–H and O–H groups in total. The number of sulfonamides is 1. The summed E-state index contributed by atoms with van der Waals surface area (Å²) in [5, 5.41) is 3.05. The summed E-state index contributed by atoms with van der Waals surface area (Å²) in [6.07, 6.45) is 0.465. The van der Waals surface area contributed by atoms with Gasteiger partial charge in [-0.05, 0) is 37.6 Å². The average molecular weight is 434 g/mol. The Balaban J connectivity index is 1.53. The highest BCUT2D eigenvalue weighted by Gasteiger charge is 2.38. The number of halogens is 1. The van der Waals surface area contributed by atoms with Crippen LogP contribution in [0.4, 0.5) is 4.39 Å². The second-order valence-electron chi connectivity index (χ2n) is 7.50. The lowest BCUT2D eigenvalue weighted by atomic mass is 10.0. The number of nitrogens with zero attached hydrogens (tertiary/aromatic N) is 2. The van der Waals surface area contributed by atoms with Gasteiger partial charge in [0.2, 0.25) is 15.9 Å². The number of amides is 1. The van der Waals surface area contributed by atoms with Gasteiger partial charge in [-0.1, -0.05) is 0 Å². The number of nitrogens with one attached hydrogen (secondary N) is 1. The quantitative estimate of drug-likeness (QED) is 0.691. The molecule has 2 fully saturated rings. The van der Waals surface area contributed by atoms with Gasteiger partial charge in [0.15, 0.2) is 9.84 Å². The zero-order chi connectivity index (χ0) is 20.6. The van der Waals surface area contributed by atoms with Crippen molar-refractivity contribution < 1.29 is 26.0 Å². The molecule has 1 amide bonds. The van der Waals surface area contributed by atoms with Gasteiger partial charge in [-0.2, -0.15) is 4.31 Å². The van der Waals surface area contributed by atoms with Crippen molar-refractivity contribution in [2.24, 2.45) is 0 Å². The normalized spacial score (nSPS) is 25.7. The number of rotatable bonds is 5. The molecule has 0 radical (unpaired) electrons. The summed E-state index contributed by atoms with van der Waals surface area (Å²) < 4.78 is 62.8. The lowest BCUT2D eigenvalue weighted by molar-refractivity contribution is -0.131. The van der Waals surface area contributed by atoms with Crippen molar-refractivity contribution in [3.8, 4) is 0 Å². The summed E-state index contributed by atoms with van der Waals surface area (Å²) in [6, 6.07) is 4.65. The van der Waals surface area contributed by atoms with Crippen LogP contribution in [0, 0.1) is 5.82 Å².